The SMILES string of the molecule is Cc1cc([O-])cc(Cl)c1. The molecule has 0 atom stereocenters. The smallest absolute Gasteiger partial charge is 0.0402 e. The summed E-state index contributed by atoms with van der Waals surface area (Å²) < 4.78 is 0. The Morgan fingerprint density at radius 2 is 2.00 bits per heavy atom. The summed E-state index contributed by atoms with van der Waals surface area (Å²) in [5.74, 6) is -0.0278. The third-order valence-corrected chi connectivity index (χ3v) is 1.23. The highest BCUT2D eigenvalue weighted by Crippen LogP contribution is 2.16. The van der Waals surface area contributed by atoms with Crippen molar-refractivity contribution in [2.24, 2.45) is 0 Å². The first-order chi connectivity index (χ1) is 4.18. The standard InChI is InChI=1S/C7H7ClO/c1-5-2-6(8)4-7(9)3-5/h2-4,9H,1H3/p-1. The van der Waals surface area contributed by atoms with E-state index in [0.29, 0.717) is 5.02 Å². The molecule has 0 saturated heterocycles. The van der Waals surface area contributed by atoms with E-state index >= 15 is 0 Å². The fourth-order valence-corrected chi connectivity index (χ4v) is 0.982. The average Bonchev–Trinajstić information content (AvgIpc) is 1.59. The van der Waals surface area contributed by atoms with E-state index in [-0.39, 0.29) is 5.75 Å². The Balaban J connectivity index is 3.17. The molecule has 2 heteroatoms. The molecule has 1 aromatic rings. The van der Waals surface area contributed by atoms with Gasteiger partial charge in [0.1, 0.15) is 0 Å². The van der Waals surface area contributed by atoms with Gasteiger partial charge in [0.15, 0.2) is 0 Å². The average molecular weight is 142 g/mol. The summed E-state index contributed by atoms with van der Waals surface area (Å²) in [6.45, 7) is 1.84. The first-order valence-electron chi connectivity index (χ1n) is 2.63. The quantitative estimate of drug-likeness (QED) is 0.540. The molecule has 0 fully saturated rings. The van der Waals surface area contributed by atoms with Gasteiger partial charge in [0.25, 0.3) is 0 Å². The molecule has 0 aliphatic rings. The molecular weight excluding hydrogens is 136 g/mol. The Kier molecular flexibility index (Phi) is 1.63. The van der Waals surface area contributed by atoms with E-state index in [1.165, 1.54) is 6.07 Å². The molecule has 0 heterocycles. The molecule has 48 valence electrons. The molecule has 0 bridgehead atoms. The van der Waals surface area contributed by atoms with Gasteiger partial charge in [0.2, 0.25) is 0 Å². The lowest BCUT2D eigenvalue weighted by molar-refractivity contribution is -0.268. The van der Waals surface area contributed by atoms with Crippen molar-refractivity contribution < 1.29 is 5.11 Å². The number of halogens is 1. The highest BCUT2D eigenvalue weighted by molar-refractivity contribution is 6.30. The summed E-state index contributed by atoms with van der Waals surface area (Å²) >= 11 is 5.55. The van der Waals surface area contributed by atoms with Crippen molar-refractivity contribution in [1.82, 2.24) is 0 Å². The summed E-state index contributed by atoms with van der Waals surface area (Å²) in [5.41, 5.74) is 0.910. The molecule has 0 spiro atoms. The zero-order chi connectivity index (χ0) is 6.85. The summed E-state index contributed by atoms with van der Waals surface area (Å²) in [6.07, 6.45) is 0. The second kappa shape index (κ2) is 2.28. The Morgan fingerprint density at radius 3 is 2.44 bits per heavy atom. The minimum absolute atomic E-state index is 0.0278. The Morgan fingerprint density at radius 1 is 1.33 bits per heavy atom. The molecule has 0 aliphatic carbocycles. The van der Waals surface area contributed by atoms with Crippen LogP contribution in [0.15, 0.2) is 18.2 Å². The number of hydrogen-bond donors (Lipinski definition) is 0. The highest BCUT2D eigenvalue weighted by atomic mass is 35.5. The van der Waals surface area contributed by atoms with E-state index in [1.807, 2.05) is 6.92 Å². The van der Waals surface area contributed by atoms with Crippen LogP contribution in [0, 0.1) is 6.92 Å². The summed E-state index contributed by atoms with van der Waals surface area (Å²) in [4.78, 5) is 0. The molecule has 9 heavy (non-hydrogen) atoms. The van der Waals surface area contributed by atoms with Crippen LogP contribution >= 0.6 is 11.6 Å². The van der Waals surface area contributed by atoms with Gasteiger partial charge < -0.3 is 5.11 Å². The van der Waals surface area contributed by atoms with Gasteiger partial charge in [-0.1, -0.05) is 29.3 Å². The van der Waals surface area contributed by atoms with E-state index < -0.39 is 0 Å². The lowest BCUT2D eigenvalue weighted by atomic mass is 10.2. The molecule has 1 aromatic carbocycles. The van der Waals surface area contributed by atoms with Crippen LogP contribution in [0.1, 0.15) is 5.56 Å². The molecule has 0 saturated carbocycles. The Hall–Kier alpha value is -0.690. The zero-order valence-corrected chi connectivity index (χ0v) is 5.77. The fraction of sp³-hybridized carbons (Fsp3) is 0.143. The van der Waals surface area contributed by atoms with Crippen molar-refractivity contribution in [2.75, 3.05) is 0 Å². The van der Waals surface area contributed by atoms with Crippen LogP contribution in [-0.2, 0) is 0 Å². The van der Waals surface area contributed by atoms with Crippen LogP contribution in [-0.4, -0.2) is 0 Å². The second-order valence-corrected chi connectivity index (χ2v) is 2.40. The number of benzene rings is 1. The lowest BCUT2D eigenvalue weighted by Crippen LogP contribution is -1.88. The van der Waals surface area contributed by atoms with Gasteiger partial charge in [-0.15, -0.1) is 5.75 Å². The molecule has 1 rings (SSSR count). The number of aryl methyl sites for hydroxylation is 1. The first-order valence-corrected chi connectivity index (χ1v) is 3.00. The monoisotopic (exact) mass is 141 g/mol. The maximum Gasteiger partial charge on any atom is 0.0402 e. The third kappa shape index (κ3) is 1.61. The Bertz CT molecular complexity index is 170. The van der Waals surface area contributed by atoms with Crippen LogP contribution in [0.5, 0.6) is 5.75 Å². The van der Waals surface area contributed by atoms with E-state index in [0.717, 1.165) is 5.56 Å². The van der Waals surface area contributed by atoms with Crippen molar-refractivity contribution in [3.63, 3.8) is 0 Å². The molecule has 0 N–H and O–H groups in total. The predicted molar refractivity (Wildman–Crippen MR) is 35.6 cm³/mol. The molecule has 0 aromatic heterocycles. The van der Waals surface area contributed by atoms with Crippen molar-refractivity contribution in [1.29, 1.82) is 0 Å². The molecule has 0 aliphatic heterocycles. The van der Waals surface area contributed by atoms with E-state index in [4.69, 9.17) is 11.6 Å². The molecule has 0 radical (unpaired) electrons. The minimum atomic E-state index is -0.0278. The largest absolute Gasteiger partial charge is 0.872 e. The van der Waals surface area contributed by atoms with Gasteiger partial charge in [-0.25, -0.2) is 0 Å². The van der Waals surface area contributed by atoms with Crippen LogP contribution in [0.2, 0.25) is 5.02 Å². The van der Waals surface area contributed by atoms with Gasteiger partial charge in [-0.3, -0.25) is 0 Å². The van der Waals surface area contributed by atoms with Crippen LogP contribution in [0.4, 0.5) is 0 Å². The first kappa shape index (κ1) is 6.43. The summed E-state index contributed by atoms with van der Waals surface area (Å²) in [5, 5.41) is 11.1. The number of hydrogen-bond acceptors (Lipinski definition) is 1. The predicted octanol–water partition coefficient (Wildman–Crippen LogP) is 1.72. The van der Waals surface area contributed by atoms with Crippen LogP contribution in [0.25, 0.3) is 0 Å². The summed E-state index contributed by atoms with van der Waals surface area (Å²) in [6, 6.07) is 4.70. The van der Waals surface area contributed by atoms with Gasteiger partial charge in [0, 0.05) is 5.02 Å². The van der Waals surface area contributed by atoms with Crippen molar-refractivity contribution in [2.45, 2.75) is 6.92 Å². The molecule has 1 nitrogen and oxygen atoms in total. The molecule has 0 amide bonds. The van der Waals surface area contributed by atoms with E-state index in [9.17, 15) is 5.11 Å². The zero-order valence-electron chi connectivity index (χ0n) is 5.02. The fourth-order valence-electron chi connectivity index (χ4n) is 0.703. The normalized spacial score (nSPS) is 9.56. The van der Waals surface area contributed by atoms with Gasteiger partial charge in [-0.05, 0) is 13.0 Å². The van der Waals surface area contributed by atoms with Gasteiger partial charge in [0.05, 0.1) is 0 Å². The van der Waals surface area contributed by atoms with Crippen molar-refractivity contribution >= 4 is 11.6 Å². The van der Waals surface area contributed by atoms with Crippen molar-refractivity contribution in [3.8, 4) is 5.75 Å². The molecule has 0 unspecified atom stereocenters. The topological polar surface area (TPSA) is 23.1 Å². The van der Waals surface area contributed by atoms with Crippen molar-refractivity contribution in [3.05, 3.63) is 28.8 Å². The van der Waals surface area contributed by atoms with Crippen LogP contribution in [0.3, 0.4) is 0 Å². The maximum atomic E-state index is 10.6. The second-order valence-electron chi connectivity index (χ2n) is 1.96. The van der Waals surface area contributed by atoms with Gasteiger partial charge in [-0.2, -0.15) is 0 Å². The minimum Gasteiger partial charge on any atom is -0.872 e. The maximum absolute atomic E-state index is 10.6. The number of rotatable bonds is 0. The Labute approximate surface area is 58.9 Å². The van der Waals surface area contributed by atoms with E-state index in [2.05, 4.69) is 0 Å². The molecular formula is C7H6ClO-. The van der Waals surface area contributed by atoms with Gasteiger partial charge >= 0.3 is 0 Å². The third-order valence-electron chi connectivity index (χ3n) is 1.02. The highest BCUT2D eigenvalue weighted by Gasteiger charge is 1.85. The van der Waals surface area contributed by atoms with E-state index in [1.54, 1.807) is 12.1 Å². The summed E-state index contributed by atoms with van der Waals surface area (Å²) in [7, 11) is 0. The lowest BCUT2D eigenvalue weighted by Gasteiger charge is -2.05. The van der Waals surface area contributed by atoms with Crippen LogP contribution < -0.4 is 5.11 Å².